The zero-order chi connectivity index (χ0) is 23.9. The van der Waals surface area contributed by atoms with Crippen LogP contribution in [0.25, 0.3) is 10.2 Å². The number of carbonyl (C=O) groups excluding carboxylic acids is 1. The molecule has 0 radical (unpaired) electrons. The molecule has 2 aromatic heterocycles. The molecule has 0 saturated heterocycles. The summed E-state index contributed by atoms with van der Waals surface area (Å²) in [5.74, 6) is 0.342. The highest BCUT2D eigenvalue weighted by atomic mass is 32.2. The van der Waals surface area contributed by atoms with Crippen LogP contribution in [0.4, 0.5) is 11.4 Å². The second kappa shape index (κ2) is 8.57. The average molecular weight is 481 g/mol. The van der Waals surface area contributed by atoms with E-state index in [2.05, 4.69) is 20.0 Å². The van der Waals surface area contributed by atoms with Gasteiger partial charge in [0.25, 0.3) is 15.9 Å². The average Bonchev–Trinajstić information content (AvgIpc) is 3.05. The van der Waals surface area contributed by atoms with E-state index in [1.165, 1.54) is 17.4 Å². The van der Waals surface area contributed by atoms with E-state index in [0.717, 1.165) is 27.0 Å². The van der Waals surface area contributed by atoms with Crippen LogP contribution in [0.15, 0.2) is 47.4 Å². The molecule has 4 aromatic rings. The molecule has 0 fully saturated rings. The minimum absolute atomic E-state index is 0.104. The third-order valence-corrected chi connectivity index (χ3v) is 8.00. The fourth-order valence-corrected chi connectivity index (χ4v) is 6.26. The lowest BCUT2D eigenvalue weighted by atomic mass is 10.1. The Morgan fingerprint density at radius 1 is 0.939 bits per heavy atom. The van der Waals surface area contributed by atoms with E-state index in [9.17, 15) is 13.2 Å². The number of nitrogens with one attached hydrogen (secondary N) is 2. The van der Waals surface area contributed by atoms with Crippen LogP contribution in [0, 0.1) is 34.6 Å². The molecule has 170 valence electrons. The first-order chi connectivity index (χ1) is 15.5. The van der Waals surface area contributed by atoms with Gasteiger partial charge in [-0.25, -0.2) is 18.4 Å². The van der Waals surface area contributed by atoms with Crippen LogP contribution < -0.4 is 10.0 Å². The monoisotopic (exact) mass is 480 g/mol. The van der Waals surface area contributed by atoms with Crippen molar-refractivity contribution >= 4 is 48.9 Å². The number of anilines is 2. The number of nitrogens with zero attached hydrogens (tertiary/aromatic N) is 2. The largest absolute Gasteiger partial charge is 0.321 e. The first-order valence-electron chi connectivity index (χ1n) is 10.3. The number of aromatic nitrogens is 2. The molecule has 0 bridgehead atoms. The summed E-state index contributed by atoms with van der Waals surface area (Å²) in [6, 6.07) is 12.0. The Hall–Kier alpha value is -3.30. The second-order valence-electron chi connectivity index (χ2n) is 8.00. The van der Waals surface area contributed by atoms with Crippen molar-refractivity contribution in [1.82, 2.24) is 9.97 Å². The zero-order valence-corrected chi connectivity index (χ0v) is 20.6. The number of hydrogen-bond donors (Lipinski definition) is 2. The fraction of sp³-hybridized carbons (Fsp3) is 0.208. The van der Waals surface area contributed by atoms with Gasteiger partial charge in [0.15, 0.2) is 0 Å². The van der Waals surface area contributed by atoms with Crippen LogP contribution in [0.5, 0.6) is 0 Å². The van der Waals surface area contributed by atoms with Crippen molar-refractivity contribution in [3.05, 3.63) is 75.6 Å². The maximum absolute atomic E-state index is 13.1. The molecular formula is C24H24N4O3S2. The Bertz CT molecular complexity index is 1510. The molecule has 0 atom stereocenters. The summed E-state index contributed by atoms with van der Waals surface area (Å²) >= 11 is 1.30. The number of rotatable bonds is 5. The number of benzene rings is 2. The first-order valence-corrected chi connectivity index (χ1v) is 12.6. The lowest BCUT2D eigenvalue weighted by Crippen LogP contribution is -2.16. The quantitative estimate of drug-likeness (QED) is 0.404. The molecule has 0 aliphatic heterocycles. The lowest BCUT2D eigenvalue weighted by Gasteiger charge is -2.13. The van der Waals surface area contributed by atoms with Crippen LogP contribution in [0.2, 0.25) is 0 Å². The minimum Gasteiger partial charge on any atom is -0.321 e. The van der Waals surface area contributed by atoms with Gasteiger partial charge in [0.1, 0.15) is 10.7 Å². The summed E-state index contributed by atoms with van der Waals surface area (Å²) in [6.07, 6.45) is 0. The number of hydrogen-bond acceptors (Lipinski definition) is 6. The maximum Gasteiger partial charge on any atom is 0.266 e. The van der Waals surface area contributed by atoms with Gasteiger partial charge in [0.2, 0.25) is 0 Å². The van der Waals surface area contributed by atoms with Gasteiger partial charge in [-0.2, -0.15) is 0 Å². The van der Waals surface area contributed by atoms with E-state index in [4.69, 9.17) is 0 Å². The van der Waals surface area contributed by atoms with Gasteiger partial charge in [-0.15, -0.1) is 11.3 Å². The van der Waals surface area contributed by atoms with Crippen molar-refractivity contribution in [3.8, 4) is 0 Å². The van der Waals surface area contributed by atoms with Gasteiger partial charge >= 0.3 is 0 Å². The van der Waals surface area contributed by atoms with Crippen LogP contribution in [0.1, 0.15) is 37.9 Å². The topological polar surface area (TPSA) is 101 Å². The highest BCUT2D eigenvalue weighted by Gasteiger charge is 2.21. The number of amides is 1. The van der Waals surface area contributed by atoms with Gasteiger partial charge in [0, 0.05) is 22.5 Å². The number of thiophene rings is 1. The van der Waals surface area contributed by atoms with E-state index in [1.807, 2.05) is 33.8 Å². The molecule has 33 heavy (non-hydrogen) atoms. The van der Waals surface area contributed by atoms with E-state index < -0.39 is 10.0 Å². The number of fused-ring (bicyclic) bond motifs is 1. The van der Waals surface area contributed by atoms with Crippen molar-refractivity contribution in [2.24, 2.45) is 0 Å². The third-order valence-electron chi connectivity index (χ3n) is 5.29. The van der Waals surface area contributed by atoms with Gasteiger partial charge in [-0.05, 0) is 75.6 Å². The third kappa shape index (κ3) is 4.60. The predicted molar refractivity (Wildman–Crippen MR) is 133 cm³/mol. The smallest absolute Gasteiger partial charge is 0.266 e. The van der Waals surface area contributed by atoms with Crippen molar-refractivity contribution in [1.29, 1.82) is 0 Å². The molecule has 2 aromatic carbocycles. The normalized spacial score (nSPS) is 11.5. The fourth-order valence-electron chi connectivity index (χ4n) is 3.76. The molecule has 0 spiro atoms. The second-order valence-corrected chi connectivity index (χ2v) is 10.7. The van der Waals surface area contributed by atoms with Crippen molar-refractivity contribution in [2.75, 3.05) is 10.0 Å². The highest BCUT2D eigenvalue weighted by Crippen LogP contribution is 2.32. The Labute approximate surface area is 197 Å². The summed E-state index contributed by atoms with van der Waals surface area (Å²) in [7, 11) is -3.84. The molecule has 1 amide bonds. The predicted octanol–water partition coefficient (Wildman–Crippen LogP) is 5.29. The van der Waals surface area contributed by atoms with Crippen LogP contribution in [-0.2, 0) is 10.0 Å². The molecule has 0 saturated carbocycles. The van der Waals surface area contributed by atoms with Crippen LogP contribution in [0.3, 0.4) is 0 Å². The Morgan fingerprint density at radius 3 is 2.42 bits per heavy atom. The highest BCUT2D eigenvalue weighted by molar-refractivity contribution is 7.92. The minimum atomic E-state index is -3.84. The van der Waals surface area contributed by atoms with Crippen molar-refractivity contribution in [2.45, 2.75) is 39.5 Å². The number of sulfonamides is 1. The molecule has 2 heterocycles. The molecule has 9 heteroatoms. The van der Waals surface area contributed by atoms with Crippen molar-refractivity contribution in [3.63, 3.8) is 0 Å². The Morgan fingerprint density at radius 2 is 1.70 bits per heavy atom. The standard InChI is InChI=1S/C24H24N4O3S2/c1-13-7-6-8-19(11-13)28-33(30,31)20-12-18(10-9-14(20)2)27-23(29)22-15(3)21-16(4)25-17(5)26-24(21)32-22/h6-12,28H,1-5H3,(H,27,29). The van der Waals surface area contributed by atoms with Crippen molar-refractivity contribution < 1.29 is 13.2 Å². The van der Waals surface area contributed by atoms with Gasteiger partial charge < -0.3 is 5.32 Å². The molecule has 7 nitrogen and oxygen atoms in total. The molecule has 0 aliphatic carbocycles. The van der Waals surface area contributed by atoms with E-state index in [1.54, 1.807) is 37.3 Å². The summed E-state index contributed by atoms with van der Waals surface area (Å²) in [6.45, 7) is 9.20. The number of aryl methyl sites for hydroxylation is 5. The summed E-state index contributed by atoms with van der Waals surface area (Å²) in [4.78, 5) is 23.3. The van der Waals surface area contributed by atoms with Crippen LogP contribution >= 0.6 is 11.3 Å². The maximum atomic E-state index is 13.1. The number of carbonyl (C=O) groups is 1. The van der Waals surface area contributed by atoms with Gasteiger partial charge in [-0.3, -0.25) is 9.52 Å². The molecule has 0 aliphatic rings. The van der Waals surface area contributed by atoms with Gasteiger partial charge in [-0.1, -0.05) is 18.2 Å². The van der Waals surface area contributed by atoms with Gasteiger partial charge in [0.05, 0.1) is 9.77 Å². The molecule has 2 N–H and O–H groups in total. The summed E-state index contributed by atoms with van der Waals surface area (Å²) in [5.41, 5.74) is 4.04. The summed E-state index contributed by atoms with van der Waals surface area (Å²) in [5, 5.41) is 3.72. The molecular weight excluding hydrogens is 456 g/mol. The molecule has 4 rings (SSSR count). The van der Waals surface area contributed by atoms with E-state index in [-0.39, 0.29) is 10.8 Å². The zero-order valence-electron chi connectivity index (χ0n) is 19.0. The lowest BCUT2D eigenvalue weighted by molar-refractivity contribution is 0.103. The van der Waals surface area contributed by atoms with E-state index in [0.29, 0.717) is 27.6 Å². The van der Waals surface area contributed by atoms with Crippen LogP contribution in [-0.4, -0.2) is 24.3 Å². The summed E-state index contributed by atoms with van der Waals surface area (Å²) < 4.78 is 28.7. The SMILES string of the molecule is Cc1cccc(NS(=O)(=O)c2cc(NC(=O)c3sc4nc(C)nc(C)c4c3C)ccc2C)c1. The first kappa shape index (κ1) is 22.9. The Kier molecular flexibility index (Phi) is 5.94. The molecule has 0 unspecified atom stereocenters. The Balaban J connectivity index is 1.64. The van der Waals surface area contributed by atoms with E-state index >= 15 is 0 Å².